The van der Waals surface area contributed by atoms with E-state index in [9.17, 15) is 4.79 Å². The van der Waals surface area contributed by atoms with Crippen molar-refractivity contribution in [2.45, 2.75) is 13.3 Å². The van der Waals surface area contributed by atoms with Crippen LogP contribution in [0, 0.1) is 11.5 Å². The highest BCUT2D eigenvalue weighted by molar-refractivity contribution is 9.10. The number of benzene rings is 1. The average Bonchev–Trinajstić information content (AvgIpc) is 2.37. The standard InChI is InChI=1S/C12H12BrN3OS/c1-3-11(17)9-5-4-8(13)6-10(9)16-12(18-2)15-7-14/h4-6H,3H2,1-2H3,(H,15,16). The smallest absolute Gasteiger partial charge is 0.183 e. The van der Waals surface area contributed by atoms with Crippen LogP contribution in [-0.4, -0.2) is 17.2 Å². The molecule has 0 aliphatic rings. The Bertz CT molecular complexity index is 523. The molecule has 4 nitrogen and oxygen atoms in total. The van der Waals surface area contributed by atoms with Gasteiger partial charge in [0.15, 0.2) is 17.1 Å². The van der Waals surface area contributed by atoms with Crippen LogP contribution in [0.3, 0.4) is 0 Å². The molecule has 0 unspecified atom stereocenters. The summed E-state index contributed by atoms with van der Waals surface area (Å²) in [6, 6.07) is 5.30. The van der Waals surface area contributed by atoms with Gasteiger partial charge >= 0.3 is 0 Å². The molecule has 0 bridgehead atoms. The van der Waals surface area contributed by atoms with Crippen LogP contribution < -0.4 is 5.32 Å². The van der Waals surface area contributed by atoms with E-state index < -0.39 is 0 Å². The molecular formula is C12H12BrN3OS. The summed E-state index contributed by atoms with van der Waals surface area (Å²) in [5.74, 6) is 0.0265. The molecule has 0 aromatic heterocycles. The number of rotatable bonds is 3. The third-order valence-electron chi connectivity index (χ3n) is 2.16. The predicted molar refractivity (Wildman–Crippen MR) is 78.1 cm³/mol. The molecule has 1 rings (SSSR count). The number of nitrogens with one attached hydrogen (secondary N) is 1. The highest BCUT2D eigenvalue weighted by Crippen LogP contribution is 2.26. The van der Waals surface area contributed by atoms with Gasteiger partial charge in [-0.2, -0.15) is 5.26 Å². The maximum absolute atomic E-state index is 11.8. The lowest BCUT2D eigenvalue weighted by atomic mass is 10.1. The van der Waals surface area contributed by atoms with Crippen molar-refractivity contribution in [1.29, 1.82) is 5.26 Å². The zero-order valence-electron chi connectivity index (χ0n) is 10.0. The number of amidine groups is 1. The lowest BCUT2D eigenvalue weighted by molar-refractivity contribution is 0.0989. The number of carbonyl (C=O) groups excluding carboxylic acids is 1. The summed E-state index contributed by atoms with van der Waals surface area (Å²) in [6.45, 7) is 1.81. The third-order valence-corrected chi connectivity index (χ3v) is 3.23. The van der Waals surface area contributed by atoms with Gasteiger partial charge in [0.25, 0.3) is 0 Å². The first-order valence-electron chi connectivity index (χ1n) is 5.22. The number of nitriles is 1. The molecule has 0 saturated carbocycles. The largest absolute Gasteiger partial charge is 0.294 e. The molecule has 94 valence electrons. The quantitative estimate of drug-likeness (QED) is 0.304. The van der Waals surface area contributed by atoms with E-state index in [0.29, 0.717) is 22.8 Å². The van der Waals surface area contributed by atoms with E-state index >= 15 is 0 Å². The van der Waals surface area contributed by atoms with E-state index in [-0.39, 0.29) is 5.78 Å². The Morgan fingerprint density at radius 3 is 2.89 bits per heavy atom. The van der Waals surface area contributed by atoms with Crippen LogP contribution in [-0.2, 0) is 0 Å². The van der Waals surface area contributed by atoms with E-state index in [1.807, 2.05) is 12.4 Å². The molecule has 1 aromatic carbocycles. The molecule has 0 heterocycles. The zero-order valence-corrected chi connectivity index (χ0v) is 12.4. The van der Waals surface area contributed by atoms with Crippen LogP contribution in [0.1, 0.15) is 23.7 Å². The Kier molecular flexibility index (Phi) is 5.89. The van der Waals surface area contributed by atoms with Crippen LogP contribution in [0.25, 0.3) is 0 Å². The minimum absolute atomic E-state index is 0.0265. The number of halogens is 1. The van der Waals surface area contributed by atoms with E-state index in [4.69, 9.17) is 5.26 Å². The first kappa shape index (κ1) is 14.7. The Morgan fingerprint density at radius 1 is 1.61 bits per heavy atom. The van der Waals surface area contributed by atoms with Crippen molar-refractivity contribution in [3.05, 3.63) is 28.2 Å². The van der Waals surface area contributed by atoms with E-state index in [1.54, 1.807) is 25.1 Å². The fourth-order valence-electron chi connectivity index (χ4n) is 1.31. The van der Waals surface area contributed by atoms with Crippen molar-refractivity contribution in [1.82, 2.24) is 5.32 Å². The summed E-state index contributed by atoms with van der Waals surface area (Å²) < 4.78 is 0.839. The van der Waals surface area contributed by atoms with Gasteiger partial charge in [-0.1, -0.05) is 34.6 Å². The molecule has 0 radical (unpaired) electrons. The Morgan fingerprint density at radius 2 is 2.33 bits per heavy atom. The number of ketones is 1. The molecule has 0 fully saturated rings. The van der Waals surface area contributed by atoms with E-state index in [2.05, 4.69) is 26.2 Å². The van der Waals surface area contributed by atoms with E-state index in [1.165, 1.54) is 11.8 Å². The first-order valence-corrected chi connectivity index (χ1v) is 7.24. The Balaban J connectivity index is 3.25. The number of aliphatic imine (C=N–C) groups is 1. The highest BCUT2D eigenvalue weighted by atomic mass is 79.9. The molecule has 0 atom stereocenters. The summed E-state index contributed by atoms with van der Waals surface area (Å²) in [5, 5.41) is 11.5. The molecule has 1 N–H and O–H groups in total. The zero-order chi connectivity index (χ0) is 13.5. The minimum Gasteiger partial charge on any atom is -0.294 e. The molecule has 18 heavy (non-hydrogen) atoms. The summed E-state index contributed by atoms with van der Waals surface area (Å²) in [6.07, 6.45) is 4.05. The second-order valence-corrected chi connectivity index (χ2v) is 5.01. The van der Waals surface area contributed by atoms with Gasteiger partial charge in [-0.25, -0.2) is 4.99 Å². The second kappa shape index (κ2) is 7.19. The van der Waals surface area contributed by atoms with Crippen molar-refractivity contribution >= 4 is 44.3 Å². The topological polar surface area (TPSA) is 65.2 Å². The number of carbonyl (C=O) groups is 1. The summed E-state index contributed by atoms with van der Waals surface area (Å²) in [7, 11) is 0. The normalized spacial score (nSPS) is 10.9. The van der Waals surface area contributed by atoms with Gasteiger partial charge in [0.2, 0.25) is 0 Å². The lowest BCUT2D eigenvalue weighted by Crippen LogP contribution is -2.12. The first-order chi connectivity index (χ1) is 8.62. The Hall–Kier alpha value is -1.32. The average molecular weight is 326 g/mol. The molecule has 0 saturated heterocycles. The van der Waals surface area contributed by atoms with Crippen molar-refractivity contribution in [3.63, 3.8) is 0 Å². The van der Waals surface area contributed by atoms with Gasteiger partial charge in [-0.15, -0.1) is 0 Å². The fraction of sp³-hybridized carbons (Fsp3) is 0.250. The molecular weight excluding hydrogens is 314 g/mol. The number of hydrogen-bond acceptors (Lipinski definition) is 4. The van der Waals surface area contributed by atoms with Crippen molar-refractivity contribution < 1.29 is 4.79 Å². The second-order valence-electron chi connectivity index (χ2n) is 3.30. The van der Waals surface area contributed by atoms with Gasteiger partial charge in [0, 0.05) is 16.5 Å². The van der Waals surface area contributed by atoms with Gasteiger partial charge < -0.3 is 0 Å². The highest BCUT2D eigenvalue weighted by Gasteiger charge is 2.10. The van der Waals surface area contributed by atoms with Gasteiger partial charge in [0.1, 0.15) is 0 Å². The SMILES string of the molecule is CCC(=O)c1ccc(Br)cc1N=C(NC#N)SC. The van der Waals surface area contributed by atoms with Gasteiger partial charge in [-0.05, 0) is 24.5 Å². The van der Waals surface area contributed by atoms with Crippen LogP contribution in [0.4, 0.5) is 5.69 Å². The number of nitrogens with zero attached hydrogens (tertiary/aromatic N) is 2. The van der Waals surface area contributed by atoms with Crippen molar-refractivity contribution in [3.8, 4) is 6.19 Å². The molecule has 0 spiro atoms. The summed E-state index contributed by atoms with van der Waals surface area (Å²) in [4.78, 5) is 16.1. The van der Waals surface area contributed by atoms with E-state index in [0.717, 1.165) is 4.47 Å². The summed E-state index contributed by atoms with van der Waals surface area (Å²) in [5.41, 5.74) is 1.12. The van der Waals surface area contributed by atoms with Crippen LogP contribution >= 0.6 is 27.7 Å². The van der Waals surface area contributed by atoms with Crippen molar-refractivity contribution in [2.75, 3.05) is 6.26 Å². The van der Waals surface area contributed by atoms with Crippen LogP contribution in [0.5, 0.6) is 0 Å². The lowest BCUT2D eigenvalue weighted by Gasteiger charge is -2.06. The third kappa shape index (κ3) is 3.86. The number of thioether (sulfide) groups is 1. The monoisotopic (exact) mass is 325 g/mol. The van der Waals surface area contributed by atoms with Gasteiger partial charge in [0.05, 0.1) is 5.69 Å². The molecule has 6 heteroatoms. The summed E-state index contributed by atoms with van der Waals surface area (Å²) >= 11 is 4.66. The van der Waals surface area contributed by atoms with Crippen molar-refractivity contribution in [2.24, 2.45) is 4.99 Å². The van der Waals surface area contributed by atoms with Crippen LogP contribution in [0.15, 0.2) is 27.7 Å². The molecule has 0 amide bonds. The molecule has 0 aliphatic heterocycles. The number of Topliss-reactive ketones (excluding diaryl/α,β-unsaturated/α-hetero) is 1. The number of hydrogen-bond donors (Lipinski definition) is 1. The minimum atomic E-state index is 0.0265. The maximum atomic E-state index is 11.8. The van der Waals surface area contributed by atoms with Crippen LogP contribution in [0.2, 0.25) is 0 Å². The van der Waals surface area contributed by atoms with Gasteiger partial charge in [-0.3, -0.25) is 10.1 Å². The predicted octanol–water partition coefficient (Wildman–Crippen LogP) is 3.46. The fourth-order valence-corrected chi connectivity index (χ4v) is 1.99. The molecule has 1 aromatic rings. The Labute approximate surface area is 119 Å². The maximum Gasteiger partial charge on any atom is 0.183 e. The molecule has 0 aliphatic carbocycles.